The van der Waals surface area contributed by atoms with Crippen LogP contribution in [-0.2, 0) is 0 Å². The van der Waals surface area contributed by atoms with Gasteiger partial charge in [-0.15, -0.1) is 5.10 Å². The molecule has 3 aromatic rings. The van der Waals surface area contributed by atoms with Crippen molar-refractivity contribution in [2.45, 2.75) is 26.8 Å². The Kier molecular flexibility index (Phi) is 5.77. The normalized spacial score (nSPS) is 14.8. The predicted molar refractivity (Wildman–Crippen MR) is 122 cm³/mol. The minimum Gasteiger partial charge on any atom is -0.465 e. The van der Waals surface area contributed by atoms with E-state index in [1.54, 1.807) is 6.20 Å². The lowest BCUT2D eigenvalue weighted by atomic mass is 9.98. The fraction of sp³-hybridized carbons (Fsp3) is 0.348. The number of nitrogens with zero attached hydrogens (tertiary/aromatic N) is 6. The highest BCUT2D eigenvalue weighted by Gasteiger charge is 2.22. The average Bonchev–Trinajstić information content (AvgIpc) is 2.81. The summed E-state index contributed by atoms with van der Waals surface area (Å²) in [4.78, 5) is 19.3. The Bertz CT molecular complexity index is 1210. The molecule has 1 atom stereocenters. The topological polar surface area (TPSA) is 118 Å². The van der Waals surface area contributed by atoms with E-state index in [1.807, 2.05) is 45.0 Å². The number of carboxylic acid groups (broad SMARTS) is 1. The quantitative estimate of drug-likeness (QED) is 0.644. The summed E-state index contributed by atoms with van der Waals surface area (Å²) in [7, 11) is 0. The SMILES string of the molecule is Cc1c(C#N)cccc1C(C)Nc1nnc(C)c2cnc(N3CCN(C(=O)O)CC3)cc12. The second-order valence-electron chi connectivity index (χ2n) is 7.98. The molecule has 2 aromatic heterocycles. The number of rotatable bonds is 4. The Hall–Kier alpha value is -3.93. The number of fused-ring (bicyclic) bond motifs is 1. The minimum absolute atomic E-state index is 0.0840. The van der Waals surface area contributed by atoms with Crippen LogP contribution in [0.1, 0.15) is 35.3 Å². The second kappa shape index (κ2) is 8.67. The molecule has 32 heavy (non-hydrogen) atoms. The number of carbonyl (C=O) groups is 1. The maximum Gasteiger partial charge on any atom is 0.407 e. The summed E-state index contributed by atoms with van der Waals surface area (Å²) in [6.07, 6.45) is 0.911. The molecular formula is C23H25N7O2. The van der Waals surface area contributed by atoms with Crippen molar-refractivity contribution in [2.75, 3.05) is 36.4 Å². The van der Waals surface area contributed by atoms with E-state index in [0.29, 0.717) is 37.6 Å². The fourth-order valence-corrected chi connectivity index (χ4v) is 4.09. The van der Waals surface area contributed by atoms with Gasteiger partial charge in [-0.05, 0) is 44.0 Å². The highest BCUT2D eigenvalue weighted by Crippen LogP contribution is 2.30. The number of hydrogen-bond donors (Lipinski definition) is 2. The molecular weight excluding hydrogens is 406 g/mol. The molecule has 0 saturated carbocycles. The van der Waals surface area contributed by atoms with Crippen molar-refractivity contribution in [1.29, 1.82) is 5.26 Å². The van der Waals surface area contributed by atoms with Crippen LogP contribution in [0.4, 0.5) is 16.4 Å². The number of nitrogens with one attached hydrogen (secondary N) is 1. The van der Waals surface area contributed by atoms with Crippen molar-refractivity contribution in [3.63, 3.8) is 0 Å². The van der Waals surface area contributed by atoms with Crippen LogP contribution in [0.25, 0.3) is 10.8 Å². The Morgan fingerprint density at radius 2 is 1.94 bits per heavy atom. The standard InChI is InChI=1S/C23H25N7O2/c1-14-17(12-24)5-4-6-18(14)15(2)26-22-19-11-21(25-13-20(19)16(3)27-28-22)29-7-9-30(10-8-29)23(31)32/h4-6,11,13,15H,7-10H2,1-3H3,(H,26,28)(H,31,32). The Balaban J connectivity index is 1.65. The molecule has 4 rings (SSSR count). The van der Waals surface area contributed by atoms with Crippen molar-refractivity contribution in [2.24, 2.45) is 0 Å². The molecule has 9 nitrogen and oxygen atoms in total. The average molecular weight is 432 g/mol. The second-order valence-corrected chi connectivity index (χ2v) is 7.98. The third-order valence-electron chi connectivity index (χ3n) is 6.02. The number of anilines is 2. The van der Waals surface area contributed by atoms with E-state index in [2.05, 4.69) is 31.5 Å². The van der Waals surface area contributed by atoms with Crippen LogP contribution >= 0.6 is 0 Å². The van der Waals surface area contributed by atoms with Crippen LogP contribution in [0, 0.1) is 25.2 Å². The first-order valence-corrected chi connectivity index (χ1v) is 10.5. The van der Waals surface area contributed by atoms with Crippen LogP contribution in [0.3, 0.4) is 0 Å². The third-order valence-corrected chi connectivity index (χ3v) is 6.02. The lowest BCUT2D eigenvalue weighted by Gasteiger charge is -2.34. The fourth-order valence-electron chi connectivity index (χ4n) is 4.09. The number of aryl methyl sites for hydroxylation is 1. The van der Waals surface area contributed by atoms with Crippen molar-refractivity contribution in [3.05, 3.63) is 52.8 Å². The molecule has 2 N–H and O–H groups in total. The maximum absolute atomic E-state index is 11.2. The summed E-state index contributed by atoms with van der Waals surface area (Å²) in [5.41, 5.74) is 3.41. The molecule has 0 bridgehead atoms. The molecule has 1 unspecified atom stereocenters. The number of benzene rings is 1. The monoisotopic (exact) mass is 431 g/mol. The molecule has 0 aliphatic carbocycles. The zero-order valence-electron chi connectivity index (χ0n) is 18.3. The lowest BCUT2D eigenvalue weighted by Crippen LogP contribution is -2.48. The zero-order chi connectivity index (χ0) is 22.8. The van der Waals surface area contributed by atoms with Gasteiger partial charge in [-0.3, -0.25) is 0 Å². The highest BCUT2D eigenvalue weighted by molar-refractivity contribution is 5.94. The van der Waals surface area contributed by atoms with Gasteiger partial charge in [0.1, 0.15) is 5.82 Å². The van der Waals surface area contributed by atoms with Gasteiger partial charge in [0.05, 0.1) is 23.4 Å². The van der Waals surface area contributed by atoms with Gasteiger partial charge in [-0.25, -0.2) is 9.78 Å². The molecule has 1 amide bonds. The number of hydrogen-bond acceptors (Lipinski definition) is 7. The van der Waals surface area contributed by atoms with Crippen LogP contribution in [0.2, 0.25) is 0 Å². The molecule has 9 heteroatoms. The summed E-state index contributed by atoms with van der Waals surface area (Å²) in [6.45, 7) is 7.94. The molecule has 1 aliphatic heterocycles. The molecule has 1 fully saturated rings. The third kappa shape index (κ3) is 3.99. The Morgan fingerprint density at radius 3 is 2.62 bits per heavy atom. The molecule has 3 heterocycles. The first kappa shape index (κ1) is 21.3. The number of nitriles is 1. The van der Waals surface area contributed by atoms with E-state index >= 15 is 0 Å². The Labute approximate surface area is 186 Å². The van der Waals surface area contributed by atoms with Crippen molar-refractivity contribution in [3.8, 4) is 6.07 Å². The van der Waals surface area contributed by atoms with E-state index < -0.39 is 6.09 Å². The number of piperazine rings is 1. The first-order chi connectivity index (χ1) is 15.4. The minimum atomic E-state index is -0.891. The van der Waals surface area contributed by atoms with Crippen molar-refractivity contribution >= 4 is 28.5 Å². The summed E-state index contributed by atoms with van der Waals surface area (Å²) in [5.74, 6) is 1.43. The summed E-state index contributed by atoms with van der Waals surface area (Å²) < 4.78 is 0. The molecule has 1 saturated heterocycles. The largest absolute Gasteiger partial charge is 0.465 e. The van der Waals surface area contributed by atoms with E-state index in [1.165, 1.54) is 4.90 Å². The van der Waals surface area contributed by atoms with Crippen molar-refractivity contribution in [1.82, 2.24) is 20.1 Å². The number of aromatic nitrogens is 3. The maximum atomic E-state index is 11.2. The zero-order valence-corrected chi connectivity index (χ0v) is 18.3. The van der Waals surface area contributed by atoms with Gasteiger partial charge in [0, 0.05) is 43.1 Å². The van der Waals surface area contributed by atoms with E-state index in [4.69, 9.17) is 0 Å². The van der Waals surface area contributed by atoms with Gasteiger partial charge < -0.3 is 20.2 Å². The summed E-state index contributed by atoms with van der Waals surface area (Å²) >= 11 is 0. The van der Waals surface area contributed by atoms with Crippen molar-refractivity contribution < 1.29 is 9.90 Å². The Morgan fingerprint density at radius 1 is 1.19 bits per heavy atom. The number of pyridine rings is 1. The highest BCUT2D eigenvalue weighted by atomic mass is 16.4. The van der Waals surface area contributed by atoms with Gasteiger partial charge >= 0.3 is 6.09 Å². The van der Waals surface area contributed by atoms with Gasteiger partial charge in [-0.1, -0.05) is 12.1 Å². The summed E-state index contributed by atoms with van der Waals surface area (Å²) in [6, 6.07) is 9.85. The van der Waals surface area contributed by atoms with Crippen LogP contribution in [0.5, 0.6) is 0 Å². The predicted octanol–water partition coefficient (Wildman–Crippen LogP) is 3.49. The van der Waals surface area contributed by atoms with E-state index in [-0.39, 0.29) is 6.04 Å². The molecule has 1 aliphatic rings. The molecule has 0 spiro atoms. The summed E-state index contributed by atoms with van der Waals surface area (Å²) in [5, 5.41) is 32.5. The first-order valence-electron chi connectivity index (χ1n) is 10.5. The van der Waals surface area contributed by atoms with E-state index in [9.17, 15) is 15.2 Å². The van der Waals surface area contributed by atoms with Crippen LogP contribution < -0.4 is 10.2 Å². The van der Waals surface area contributed by atoms with Gasteiger partial charge in [-0.2, -0.15) is 10.4 Å². The van der Waals surface area contributed by atoms with Crippen LogP contribution in [0.15, 0.2) is 30.5 Å². The van der Waals surface area contributed by atoms with Gasteiger partial charge in [0.15, 0.2) is 5.82 Å². The molecule has 1 aromatic carbocycles. The molecule has 164 valence electrons. The lowest BCUT2D eigenvalue weighted by molar-refractivity contribution is 0.142. The molecule has 0 radical (unpaired) electrons. The van der Waals surface area contributed by atoms with Gasteiger partial charge in [0.2, 0.25) is 0 Å². The van der Waals surface area contributed by atoms with E-state index in [0.717, 1.165) is 33.4 Å². The smallest absolute Gasteiger partial charge is 0.407 e. The van der Waals surface area contributed by atoms with Crippen LogP contribution in [-0.4, -0.2) is 57.5 Å². The number of amides is 1. The van der Waals surface area contributed by atoms with Gasteiger partial charge in [0.25, 0.3) is 0 Å².